The molecule has 0 saturated heterocycles. The van der Waals surface area contributed by atoms with E-state index in [2.05, 4.69) is 49.6 Å². The zero-order chi connectivity index (χ0) is 14.0. The van der Waals surface area contributed by atoms with Crippen molar-refractivity contribution in [3.05, 3.63) is 38.8 Å². The van der Waals surface area contributed by atoms with E-state index in [0.29, 0.717) is 0 Å². The lowest BCUT2D eigenvalue weighted by molar-refractivity contribution is 0.592. The maximum absolute atomic E-state index is 4.56. The molecule has 0 aliphatic heterocycles. The van der Waals surface area contributed by atoms with Crippen LogP contribution in [0.1, 0.15) is 46.8 Å². The number of hydrogen-bond donors (Lipinski definition) is 1. The van der Waals surface area contributed by atoms with Gasteiger partial charge in [-0.15, -0.1) is 11.3 Å². The highest BCUT2D eigenvalue weighted by atomic mass is 32.1. The van der Waals surface area contributed by atoms with E-state index in [-0.39, 0.29) is 6.04 Å². The number of nitrogens with one attached hydrogen (secondary N) is 1. The molecule has 4 heteroatoms. The third-order valence-electron chi connectivity index (χ3n) is 3.66. The van der Waals surface area contributed by atoms with Gasteiger partial charge in [0, 0.05) is 23.2 Å². The maximum Gasteiger partial charge on any atom is 0.0647 e. The first-order valence-electron chi connectivity index (χ1n) is 6.83. The Hall–Kier alpha value is -1.13. The number of thiophene rings is 1. The molecule has 0 fully saturated rings. The highest BCUT2D eigenvalue weighted by Crippen LogP contribution is 2.31. The maximum atomic E-state index is 4.56. The van der Waals surface area contributed by atoms with Gasteiger partial charge in [-0.25, -0.2) is 0 Å². The van der Waals surface area contributed by atoms with Crippen LogP contribution in [0.25, 0.3) is 0 Å². The first-order valence-corrected chi connectivity index (χ1v) is 7.71. The average Bonchev–Trinajstić information content (AvgIpc) is 2.88. The van der Waals surface area contributed by atoms with Crippen LogP contribution in [-0.2, 0) is 7.05 Å². The van der Waals surface area contributed by atoms with Crippen molar-refractivity contribution in [2.75, 3.05) is 6.54 Å². The highest BCUT2D eigenvalue weighted by Gasteiger charge is 2.23. The van der Waals surface area contributed by atoms with E-state index in [1.807, 2.05) is 23.1 Å². The fourth-order valence-corrected chi connectivity index (χ4v) is 3.30. The minimum absolute atomic E-state index is 0.264. The second-order valence-electron chi connectivity index (χ2n) is 5.03. The number of aromatic nitrogens is 2. The molecule has 0 saturated carbocycles. The van der Waals surface area contributed by atoms with Crippen molar-refractivity contribution in [2.24, 2.45) is 7.05 Å². The monoisotopic (exact) mass is 277 g/mol. The van der Waals surface area contributed by atoms with Crippen LogP contribution in [0.2, 0.25) is 0 Å². The van der Waals surface area contributed by atoms with Crippen molar-refractivity contribution in [3.63, 3.8) is 0 Å². The number of rotatable bonds is 5. The zero-order valence-electron chi connectivity index (χ0n) is 12.4. The molecule has 0 spiro atoms. The molecule has 1 N–H and O–H groups in total. The van der Waals surface area contributed by atoms with Crippen molar-refractivity contribution in [2.45, 2.75) is 40.2 Å². The molecule has 2 heterocycles. The second-order valence-corrected chi connectivity index (χ2v) is 6.15. The standard InChI is InChI=1S/C15H23N3S/c1-6-8-16-15(13-7-9-19-12(13)4)14-10(2)17-18(5)11(14)3/h7,9,15-16H,6,8H2,1-5H3. The summed E-state index contributed by atoms with van der Waals surface area (Å²) < 4.78 is 1.98. The van der Waals surface area contributed by atoms with Crippen LogP contribution in [0.3, 0.4) is 0 Å². The van der Waals surface area contributed by atoms with Crippen molar-refractivity contribution >= 4 is 11.3 Å². The summed E-state index contributed by atoms with van der Waals surface area (Å²) in [6, 6.07) is 2.50. The van der Waals surface area contributed by atoms with Crippen molar-refractivity contribution < 1.29 is 0 Å². The molecule has 3 nitrogen and oxygen atoms in total. The Balaban J connectivity index is 2.46. The second kappa shape index (κ2) is 5.88. The molecular formula is C15H23N3S. The summed E-state index contributed by atoms with van der Waals surface area (Å²) in [4.78, 5) is 1.39. The summed E-state index contributed by atoms with van der Waals surface area (Å²) in [6.07, 6.45) is 1.14. The van der Waals surface area contributed by atoms with Gasteiger partial charge in [-0.1, -0.05) is 6.92 Å². The number of aryl methyl sites for hydroxylation is 3. The summed E-state index contributed by atoms with van der Waals surface area (Å²) in [6.45, 7) is 9.67. The minimum atomic E-state index is 0.264. The van der Waals surface area contributed by atoms with Gasteiger partial charge in [-0.3, -0.25) is 4.68 Å². The lowest BCUT2D eigenvalue weighted by atomic mass is 9.97. The molecule has 2 aromatic rings. The third-order valence-corrected chi connectivity index (χ3v) is 4.52. The van der Waals surface area contributed by atoms with E-state index in [4.69, 9.17) is 0 Å². The minimum Gasteiger partial charge on any atom is -0.306 e. The molecule has 0 aliphatic carbocycles. The largest absolute Gasteiger partial charge is 0.306 e. The molecule has 0 bridgehead atoms. The van der Waals surface area contributed by atoms with E-state index in [9.17, 15) is 0 Å². The molecule has 2 aromatic heterocycles. The molecule has 104 valence electrons. The Kier molecular flexibility index (Phi) is 4.42. The third kappa shape index (κ3) is 2.74. The van der Waals surface area contributed by atoms with E-state index in [1.54, 1.807) is 0 Å². The van der Waals surface area contributed by atoms with Gasteiger partial charge in [0.2, 0.25) is 0 Å². The summed E-state index contributed by atoms with van der Waals surface area (Å²) in [5.74, 6) is 0. The van der Waals surface area contributed by atoms with E-state index >= 15 is 0 Å². The van der Waals surface area contributed by atoms with Crippen LogP contribution in [0, 0.1) is 20.8 Å². The molecule has 2 rings (SSSR count). The van der Waals surface area contributed by atoms with Crippen LogP contribution in [0.15, 0.2) is 11.4 Å². The van der Waals surface area contributed by atoms with Gasteiger partial charge < -0.3 is 5.32 Å². The molecule has 1 unspecified atom stereocenters. The summed E-state index contributed by atoms with van der Waals surface area (Å²) in [5, 5.41) is 10.4. The topological polar surface area (TPSA) is 29.9 Å². The van der Waals surface area contributed by atoms with Crippen LogP contribution >= 0.6 is 11.3 Å². The van der Waals surface area contributed by atoms with Crippen LogP contribution < -0.4 is 5.32 Å². The van der Waals surface area contributed by atoms with Crippen molar-refractivity contribution in [1.29, 1.82) is 0 Å². The first kappa shape index (κ1) is 14.3. The van der Waals surface area contributed by atoms with Crippen LogP contribution in [0.4, 0.5) is 0 Å². The van der Waals surface area contributed by atoms with E-state index < -0.39 is 0 Å². The SMILES string of the molecule is CCCNC(c1ccsc1C)c1c(C)nn(C)c1C. The zero-order valence-corrected chi connectivity index (χ0v) is 13.3. The Morgan fingerprint density at radius 1 is 1.37 bits per heavy atom. The summed E-state index contributed by atoms with van der Waals surface area (Å²) in [5.41, 5.74) is 5.09. The van der Waals surface area contributed by atoms with Crippen molar-refractivity contribution in [1.82, 2.24) is 15.1 Å². The predicted molar refractivity (Wildman–Crippen MR) is 81.9 cm³/mol. The van der Waals surface area contributed by atoms with Gasteiger partial charge in [0.15, 0.2) is 0 Å². The smallest absolute Gasteiger partial charge is 0.0647 e. The lowest BCUT2D eigenvalue weighted by Gasteiger charge is -2.20. The van der Waals surface area contributed by atoms with Gasteiger partial charge in [0.1, 0.15) is 0 Å². The lowest BCUT2D eigenvalue weighted by Crippen LogP contribution is -2.24. The fourth-order valence-electron chi connectivity index (χ4n) is 2.56. The molecule has 1 atom stereocenters. The van der Waals surface area contributed by atoms with Crippen LogP contribution in [-0.4, -0.2) is 16.3 Å². The van der Waals surface area contributed by atoms with E-state index in [0.717, 1.165) is 18.7 Å². The quantitative estimate of drug-likeness (QED) is 0.906. The summed E-state index contributed by atoms with van der Waals surface area (Å²) >= 11 is 1.81. The summed E-state index contributed by atoms with van der Waals surface area (Å²) in [7, 11) is 2.02. The van der Waals surface area contributed by atoms with Gasteiger partial charge in [-0.2, -0.15) is 5.10 Å². The molecule has 0 amide bonds. The highest BCUT2D eigenvalue weighted by molar-refractivity contribution is 7.10. The molecule has 19 heavy (non-hydrogen) atoms. The molecule has 0 aromatic carbocycles. The Labute approximate surface area is 119 Å². The Morgan fingerprint density at radius 2 is 2.11 bits per heavy atom. The van der Waals surface area contributed by atoms with Gasteiger partial charge in [0.05, 0.1) is 11.7 Å². The van der Waals surface area contributed by atoms with Crippen molar-refractivity contribution in [3.8, 4) is 0 Å². The molecule has 0 aliphatic rings. The first-order chi connectivity index (χ1) is 9.06. The Morgan fingerprint density at radius 3 is 2.58 bits per heavy atom. The number of nitrogens with zero attached hydrogens (tertiary/aromatic N) is 2. The fraction of sp³-hybridized carbons (Fsp3) is 0.533. The predicted octanol–water partition coefficient (Wildman–Crippen LogP) is 3.50. The Bertz CT molecular complexity index is 554. The van der Waals surface area contributed by atoms with Crippen LogP contribution in [0.5, 0.6) is 0 Å². The molecular weight excluding hydrogens is 254 g/mol. The van der Waals surface area contributed by atoms with E-state index in [1.165, 1.54) is 21.7 Å². The van der Waals surface area contributed by atoms with Gasteiger partial charge in [-0.05, 0) is 50.7 Å². The van der Waals surface area contributed by atoms with Gasteiger partial charge in [0.25, 0.3) is 0 Å². The van der Waals surface area contributed by atoms with Gasteiger partial charge >= 0.3 is 0 Å². The number of hydrogen-bond acceptors (Lipinski definition) is 3. The molecule has 0 radical (unpaired) electrons. The normalized spacial score (nSPS) is 12.9. The average molecular weight is 277 g/mol.